The van der Waals surface area contributed by atoms with Gasteiger partial charge in [-0.1, -0.05) is 48.0 Å². The van der Waals surface area contributed by atoms with Gasteiger partial charge in [-0.15, -0.1) is 0 Å². The van der Waals surface area contributed by atoms with Crippen LogP contribution < -0.4 is 9.62 Å². The number of nitrogens with one attached hydrogen (secondary N) is 2. The van der Waals surface area contributed by atoms with Gasteiger partial charge in [-0.25, -0.2) is 8.42 Å². The minimum Gasteiger partial charge on any atom is -0.361 e. The maximum absolute atomic E-state index is 13.1. The lowest BCUT2D eigenvalue weighted by atomic mass is 9.90. The Morgan fingerprint density at radius 3 is 2.65 bits per heavy atom. The molecule has 2 N–H and O–H groups in total. The van der Waals surface area contributed by atoms with Crippen molar-refractivity contribution < 1.29 is 13.2 Å². The smallest absolute Gasteiger partial charge is 0.251 e. The Kier molecular flexibility index (Phi) is 5.83. The van der Waals surface area contributed by atoms with E-state index in [4.69, 9.17) is 11.6 Å². The van der Waals surface area contributed by atoms with E-state index in [1.807, 2.05) is 48.7 Å². The van der Waals surface area contributed by atoms with Crippen LogP contribution in [0.25, 0.3) is 10.9 Å². The van der Waals surface area contributed by atoms with Crippen molar-refractivity contribution in [3.05, 3.63) is 100 Å². The molecule has 0 bridgehead atoms. The fourth-order valence-corrected chi connectivity index (χ4v) is 5.91. The number of aromatic amines is 1. The quantitative estimate of drug-likeness (QED) is 0.408. The van der Waals surface area contributed by atoms with Crippen LogP contribution in [0.2, 0.25) is 5.02 Å². The third-order valence-corrected chi connectivity index (χ3v) is 7.86. The third kappa shape index (κ3) is 4.17. The Morgan fingerprint density at radius 1 is 1.09 bits per heavy atom. The number of hydrogen-bond acceptors (Lipinski definition) is 3. The van der Waals surface area contributed by atoms with E-state index in [0.29, 0.717) is 35.8 Å². The Hall–Kier alpha value is -3.29. The fourth-order valence-electron chi connectivity index (χ4n) is 4.68. The van der Waals surface area contributed by atoms with Gasteiger partial charge in [0.2, 0.25) is 10.0 Å². The van der Waals surface area contributed by atoms with E-state index in [1.165, 1.54) is 10.6 Å². The second-order valence-corrected chi connectivity index (χ2v) is 10.8. The average molecular weight is 494 g/mol. The summed E-state index contributed by atoms with van der Waals surface area (Å²) in [6.45, 7) is 0.755. The molecule has 0 aliphatic carbocycles. The van der Waals surface area contributed by atoms with Crippen LogP contribution in [-0.4, -0.2) is 38.7 Å². The van der Waals surface area contributed by atoms with Crippen molar-refractivity contribution in [3.8, 4) is 0 Å². The molecule has 0 saturated heterocycles. The number of para-hydroxylation sites is 1. The topological polar surface area (TPSA) is 82.3 Å². The first-order chi connectivity index (χ1) is 16.3. The van der Waals surface area contributed by atoms with Crippen LogP contribution in [0, 0.1) is 0 Å². The molecule has 6 nitrogen and oxygen atoms in total. The highest BCUT2D eigenvalue weighted by molar-refractivity contribution is 7.92. The van der Waals surface area contributed by atoms with Crippen LogP contribution in [0.15, 0.2) is 72.9 Å². The lowest BCUT2D eigenvalue weighted by Crippen LogP contribution is -2.29. The van der Waals surface area contributed by atoms with Crippen LogP contribution >= 0.6 is 11.6 Å². The van der Waals surface area contributed by atoms with E-state index in [2.05, 4.69) is 16.4 Å². The lowest BCUT2D eigenvalue weighted by molar-refractivity contribution is 0.0952. The van der Waals surface area contributed by atoms with Crippen LogP contribution in [0.4, 0.5) is 5.69 Å². The van der Waals surface area contributed by atoms with Gasteiger partial charge in [0.25, 0.3) is 5.91 Å². The van der Waals surface area contributed by atoms with E-state index in [1.54, 1.807) is 18.2 Å². The monoisotopic (exact) mass is 493 g/mol. The molecule has 1 aliphatic rings. The molecule has 34 heavy (non-hydrogen) atoms. The van der Waals surface area contributed by atoms with Gasteiger partial charge < -0.3 is 10.3 Å². The molecule has 3 aromatic carbocycles. The molecule has 0 radical (unpaired) electrons. The van der Waals surface area contributed by atoms with Crippen LogP contribution in [-0.2, 0) is 16.4 Å². The highest BCUT2D eigenvalue weighted by atomic mass is 35.5. The zero-order valence-electron chi connectivity index (χ0n) is 18.6. The summed E-state index contributed by atoms with van der Waals surface area (Å²) in [5.74, 6) is -0.360. The van der Waals surface area contributed by atoms with Crippen molar-refractivity contribution in [2.75, 3.05) is 23.7 Å². The number of rotatable bonds is 6. The molecule has 174 valence electrons. The van der Waals surface area contributed by atoms with Crippen molar-refractivity contribution in [1.82, 2.24) is 10.3 Å². The van der Waals surface area contributed by atoms with Gasteiger partial charge in [-0.3, -0.25) is 9.10 Å². The van der Waals surface area contributed by atoms with Crippen LogP contribution in [0.1, 0.15) is 33.0 Å². The van der Waals surface area contributed by atoms with Gasteiger partial charge in [0.05, 0.1) is 11.9 Å². The van der Waals surface area contributed by atoms with Crippen molar-refractivity contribution >= 4 is 44.1 Å². The molecule has 5 rings (SSSR count). The molecular weight excluding hydrogens is 470 g/mol. The van der Waals surface area contributed by atoms with Crippen LogP contribution in [0.3, 0.4) is 0 Å². The zero-order chi connectivity index (χ0) is 23.9. The van der Waals surface area contributed by atoms with E-state index in [9.17, 15) is 13.2 Å². The number of sulfonamides is 1. The number of halogens is 1. The molecule has 8 heteroatoms. The maximum Gasteiger partial charge on any atom is 0.251 e. The molecule has 1 unspecified atom stereocenters. The van der Waals surface area contributed by atoms with Gasteiger partial charge in [0.15, 0.2) is 0 Å². The first-order valence-electron chi connectivity index (χ1n) is 11.0. The summed E-state index contributed by atoms with van der Waals surface area (Å²) in [4.78, 5) is 16.4. The summed E-state index contributed by atoms with van der Waals surface area (Å²) in [5, 5.41) is 4.79. The number of fused-ring (bicyclic) bond motifs is 2. The number of amides is 1. The summed E-state index contributed by atoms with van der Waals surface area (Å²) in [6, 6.07) is 20.9. The standard InChI is InChI=1S/C26H24ClN3O3S/c1-34(32,33)30-13-12-17-14-18(10-11-25(17)30)26(31)29-16-21(19-6-2-4-8-23(19)27)22-15-28-24-9-5-3-7-20(22)24/h2-11,14-15,21,28H,12-13,16H2,1H3,(H,29,31). The summed E-state index contributed by atoms with van der Waals surface area (Å²) in [7, 11) is -3.33. The SMILES string of the molecule is CS(=O)(=O)N1CCc2cc(C(=O)NCC(c3ccccc3Cl)c3c[nH]c4ccccc34)ccc21. The molecule has 0 spiro atoms. The van der Waals surface area contributed by atoms with E-state index in [0.717, 1.165) is 27.6 Å². The molecule has 1 aromatic heterocycles. The minimum atomic E-state index is -3.33. The highest BCUT2D eigenvalue weighted by Crippen LogP contribution is 2.34. The second-order valence-electron chi connectivity index (χ2n) is 8.50. The zero-order valence-corrected chi connectivity index (χ0v) is 20.2. The van der Waals surface area contributed by atoms with Crippen molar-refractivity contribution in [2.24, 2.45) is 0 Å². The summed E-state index contributed by atoms with van der Waals surface area (Å²) < 4.78 is 25.4. The largest absolute Gasteiger partial charge is 0.361 e. The number of carbonyl (C=O) groups excluding carboxylic acids is 1. The molecule has 4 aromatic rings. The van der Waals surface area contributed by atoms with Gasteiger partial charge in [0.1, 0.15) is 0 Å². The second kappa shape index (κ2) is 8.81. The van der Waals surface area contributed by atoms with E-state index in [-0.39, 0.29) is 11.8 Å². The van der Waals surface area contributed by atoms with Gasteiger partial charge in [-0.05, 0) is 53.4 Å². The van der Waals surface area contributed by atoms with Gasteiger partial charge in [0, 0.05) is 46.7 Å². The third-order valence-electron chi connectivity index (χ3n) is 6.34. The summed E-state index contributed by atoms with van der Waals surface area (Å²) >= 11 is 6.56. The molecule has 1 atom stereocenters. The van der Waals surface area contributed by atoms with Gasteiger partial charge in [-0.2, -0.15) is 0 Å². The molecule has 2 heterocycles. The molecule has 1 aliphatic heterocycles. The summed E-state index contributed by atoms with van der Waals surface area (Å²) in [6.07, 6.45) is 3.75. The number of benzene rings is 3. The predicted octanol–water partition coefficient (Wildman–Crippen LogP) is 4.71. The molecule has 0 fully saturated rings. The Bertz CT molecular complexity index is 1500. The van der Waals surface area contributed by atoms with E-state index < -0.39 is 10.0 Å². The first-order valence-corrected chi connectivity index (χ1v) is 13.2. The average Bonchev–Trinajstić information content (AvgIpc) is 3.44. The number of H-pyrrole nitrogens is 1. The van der Waals surface area contributed by atoms with Crippen molar-refractivity contribution in [2.45, 2.75) is 12.3 Å². The Morgan fingerprint density at radius 2 is 1.85 bits per heavy atom. The van der Waals surface area contributed by atoms with E-state index >= 15 is 0 Å². The maximum atomic E-state index is 13.1. The highest BCUT2D eigenvalue weighted by Gasteiger charge is 2.27. The number of aromatic nitrogens is 1. The predicted molar refractivity (Wildman–Crippen MR) is 136 cm³/mol. The number of carbonyl (C=O) groups is 1. The van der Waals surface area contributed by atoms with Crippen molar-refractivity contribution in [1.29, 1.82) is 0 Å². The number of hydrogen-bond donors (Lipinski definition) is 2. The minimum absolute atomic E-state index is 0.149. The molecule has 1 amide bonds. The molecular formula is C26H24ClN3O3S. The van der Waals surface area contributed by atoms with Crippen LogP contribution in [0.5, 0.6) is 0 Å². The number of anilines is 1. The normalized spacial score (nSPS) is 14.2. The molecule has 0 saturated carbocycles. The lowest BCUT2D eigenvalue weighted by Gasteiger charge is -2.20. The summed E-state index contributed by atoms with van der Waals surface area (Å²) in [5.41, 5.74) is 5.03. The fraction of sp³-hybridized carbons (Fsp3) is 0.192. The Balaban J connectivity index is 1.42. The number of nitrogens with zero attached hydrogens (tertiary/aromatic N) is 1. The van der Waals surface area contributed by atoms with Gasteiger partial charge >= 0.3 is 0 Å². The van der Waals surface area contributed by atoms with Crippen molar-refractivity contribution in [3.63, 3.8) is 0 Å². The Labute approximate surface area is 203 Å². The first kappa shape index (κ1) is 22.5.